The average molecular weight is 407 g/mol. The van der Waals surface area contributed by atoms with Gasteiger partial charge in [0.15, 0.2) is 6.04 Å². The van der Waals surface area contributed by atoms with E-state index in [4.69, 9.17) is 9.15 Å². The van der Waals surface area contributed by atoms with E-state index in [2.05, 4.69) is 5.32 Å². The predicted octanol–water partition coefficient (Wildman–Crippen LogP) is 3.78. The van der Waals surface area contributed by atoms with Gasteiger partial charge in [0.1, 0.15) is 29.3 Å². The van der Waals surface area contributed by atoms with Gasteiger partial charge in [0.2, 0.25) is 0 Å². The van der Waals surface area contributed by atoms with Crippen LogP contribution in [0.25, 0.3) is 21.9 Å². The van der Waals surface area contributed by atoms with Gasteiger partial charge in [0.25, 0.3) is 5.91 Å². The largest absolute Gasteiger partial charge is 0.495 e. The number of methoxy groups -OCH3 is 1. The van der Waals surface area contributed by atoms with E-state index in [1.54, 1.807) is 19.2 Å². The number of amides is 1. The van der Waals surface area contributed by atoms with Gasteiger partial charge >= 0.3 is 0 Å². The van der Waals surface area contributed by atoms with Gasteiger partial charge in [-0.1, -0.05) is 30.3 Å². The number of anilines is 1. The Hall–Kier alpha value is -3.38. The molecule has 0 spiro atoms. The number of carbonyl (C=O) groups excluding carboxylic acids is 1. The van der Waals surface area contributed by atoms with Crippen LogP contribution < -0.4 is 15.0 Å². The zero-order valence-corrected chi connectivity index (χ0v) is 17.2. The van der Waals surface area contributed by atoms with Gasteiger partial charge in [-0.2, -0.15) is 0 Å². The molecule has 30 heavy (non-hydrogen) atoms. The van der Waals surface area contributed by atoms with Crippen molar-refractivity contribution in [3.05, 3.63) is 72.0 Å². The second kappa shape index (κ2) is 8.16. The van der Waals surface area contributed by atoms with Crippen LogP contribution in [0.15, 0.2) is 65.1 Å². The molecule has 0 saturated carbocycles. The number of benzene rings is 3. The minimum Gasteiger partial charge on any atom is -0.495 e. The number of quaternary nitrogens is 1. The van der Waals surface area contributed by atoms with Gasteiger partial charge < -0.3 is 19.4 Å². The first-order chi connectivity index (χ1) is 14.5. The van der Waals surface area contributed by atoms with E-state index < -0.39 is 0 Å². The second-order valence-corrected chi connectivity index (χ2v) is 7.51. The van der Waals surface area contributed by atoms with Gasteiger partial charge in [-0.25, -0.2) is 4.39 Å². The quantitative estimate of drug-likeness (QED) is 0.512. The number of halogens is 1. The number of furan rings is 1. The first-order valence-electron chi connectivity index (χ1n) is 9.83. The van der Waals surface area contributed by atoms with Gasteiger partial charge in [-0.15, -0.1) is 0 Å². The molecule has 2 N–H and O–H groups in total. The molecule has 0 radical (unpaired) electrons. The molecule has 4 rings (SSSR count). The highest BCUT2D eigenvalue weighted by Gasteiger charge is 2.24. The average Bonchev–Trinajstić information content (AvgIpc) is 3.09. The van der Waals surface area contributed by atoms with E-state index in [0.29, 0.717) is 23.6 Å². The van der Waals surface area contributed by atoms with Crippen LogP contribution in [-0.4, -0.2) is 26.1 Å². The number of ether oxygens (including phenoxy) is 1. The standard InChI is InChI=1S/C24H23FN2O3/c1-15(27(2)14-16-7-6-8-17(25)11-16)24(28)26-20-13-22-19(12-23(20)29-3)18-9-4-5-10-21(18)30-22/h4-13,15H,14H2,1-3H3,(H,26,28)/p+1/t15-/m1/s1. The Morgan fingerprint density at radius 2 is 1.90 bits per heavy atom. The Morgan fingerprint density at radius 3 is 2.67 bits per heavy atom. The summed E-state index contributed by atoms with van der Waals surface area (Å²) in [5.74, 6) is 0.135. The zero-order valence-electron chi connectivity index (χ0n) is 17.2. The molecule has 0 bridgehead atoms. The fraction of sp³-hybridized carbons (Fsp3) is 0.208. The molecule has 0 saturated heterocycles. The molecule has 1 aromatic heterocycles. The van der Waals surface area contributed by atoms with Crippen molar-refractivity contribution in [3.8, 4) is 5.75 Å². The van der Waals surface area contributed by atoms with E-state index in [9.17, 15) is 9.18 Å². The van der Waals surface area contributed by atoms with E-state index in [1.807, 2.05) is 50.4 Å². The maximum atomic E-state index is 13.4. The van der Waals surface area contributed by atoms with Crippen LogP contribution in [0, 0.1) is 5.82 Å². The molecule has 4 aromatic rings. The number of para-hydroxylation sites is 1. The van der Waals surface area contributed by atoms with E-state index in [-0.39, 0.29) is 17.8 Å². The number of nitrogens with one attached hydrogen (secondary N) is 2. The highest BCUT2D eigenvalue weighted by atomic mass is 19.1. The Bertz CT molecular complexity index is 1220. The molecule has 1 amide bonds. The summed E-state index contributed by atoms with van der Waals surface area (Å²) in [6.45, 7) is 2.38. The normalized spacial score (nSPS) is 13.3. The first kappa shape index (κ1) is 19.9. The van der Waals surface area contributed by atoms with Crippen LogP contribution in [0.3, 0.4) is 0 Å². The summed E-state index contributed by atoms with van der Waals surface area (Å²) in [6, 6.07) is 17.5. The van der Waals surface area contributed by atoms with E-state index in [1.165, 1.54) is 12.1 Å². The van der Waals surface area contributed by atoms with Gasteiger partial charge in [0, 0.05) is 22.4 Å². The first-order valence-corrected chi connectivity index (χ1v) is 9.83. The molecule has 154 valence electrons. The molecule has 5 nitrogen and oxygen atoms in total. The summed E-state index contributed by atoms with van der Waals surface area (Å²) < 4.78 is 24.9. The summed E-state index contributed by atoms with van der Waals surface area (Å²) in [6.07, 6.45) is 0. The third kappa shape index (κ3) is 3.86. The summed E-state index contributed by atoms with van der Waals surface area (Å²) in [4.78, 5) is 13.8. The van der Waals surface area contributed by atoms with Crippen LogP contribution in [0.5, 0.6) is 5.75 Å². The highest BCUT2D eigenvalue weighted by Crippen LogP contribution is 2.36. The SMILES string of the molecule is COc1cc2c(cc1NC(=O)[C@@H](C)[NH+](C)Cc1cccc(F)c1)oc1ccccc12. The highest BCUT2D eigenvalue weighted by molar-refractivity contribution is 6.08. The summed E-state index contributed by atoms with van der Waals surface area (Å²) >= 11 is 0. The van der Waals surface area contributed by atoms with E-state index in [0.717, 1.165) is 26.8 Å². The monoisotopic (exact) mass is 407 g/mol. The fourth-order valence-corrected chi connectivity index (χ4v) is 3.60. The van der Waals surface area contributed by atoms with Crippen molar-refractivity contribution >= 4 is 33.5 Å². The van der Waals surface area contributed by atoms with Crippen molar-refractivity contribution in [2.24, 2.45) is 0 Å². The number of hydrogen-bond donors (Lipinski definition) is 2. The summed E-state index contributed by atoms with van der Waals surface area (Å²) in [5.41, 5.74) is 2.86. The molecule has 3 aromatic carbocycles. The Kier molecular flexibility index (Phi) is 5.42. The summed E-state index contributed by atoms with van der Waals surface area (Å²) in [5, 5.41) is 4.89. The van der Waals surface area contributed by atoms with Crippen LogP contribution in [0.2, 0.25) is 0 Å². The Labute approximate surface area is 174 Å². The minimum absolute atomic E-state index is 0.155. The molecule has 0 aliphatic rings. The maximum absolute atomic E-state index is 13.4. The third-order valence-corrected chi connectivity index (χ3v) is 5.46. The molecule has 0 aliphatic heterocycles. The number of likely N-dealkylation sites (N-methyl/N-ethyl adjacent to an activating group) is 1. The summed E-state index contributed by atoms with van der Waals surface area (Å²) in [7, 11) is 3.48. The van der Waals surface area contributed by atoms with Crippen molar-refractivity contribution in [1.29, 1.82) is 0 Å². The zero-order chi connectivity index (χ0) is 21.3. The van der Waals surface area contributed by atoms with Crippen LogP contribution in [-0.2, 0) is 11.3 Å². The second-order valence-electron chi connectivity index (χ2n) is 7.51. The van der Waals surface area contributed by atoms with Crippen LogP contribution in [0.1, 0.15) is 12.5 Å². The van der Waals surface area contributed by atoms with Crippen molar-refractivity contribution in [2.45, 2.75) is 19.5 Å². The van der Waals surface area contributed by atoms with Crippen LogP contribution >= 0.6 is 0 Å². The van der Waals surface area contributed by atoms with Gasteiger partial charge in [-0.05, 0) is 31.2 Å². The number of fused-ring (bicyclic) bond motifs is 3. The van der Waals surface area contributed by atoms with Crippen molar-refractivity contribution in [1.82, 2.24) is 0 Å². The molecule has 2 atom stereocenters. The van der Waals surface area contributed by atoms with Crippen molar-refractivity contribution in [3.63, 3.8) is 0 Å². The molecule has 0 aliphatic carbocycles. The Balaban J connectivity index is 1.56. The third-order valence-electron chi connectivity index (χ3n) is 5.46. The number of carbonyl (C=O) groups is 1. The molecule has 6 heteroatoms. The fourth-order valence-electron chi connectivity index (χ4n) is 3.60. The number of hydrogen-bond acceptors (Lipinski definition) is 3. The van der Waals surface area contributed by atoms with Gasteiger partial charge in [-0.3, -0.25) is 4.79 Å². The Morgan fingerprint density at radius 1 is 1.10 bits per heavy atom. The lowest BCUT2D eigenvalue weighted by atomic mass is 10.1. The smallest absolute Gasteiger partial charge is 0.282 e. The molecule has 1 unspecified atom stereocenters. The van der Waals surface area contributed by atoms with Gasteiger partial charge in [0.05, 0.1) is 19.8 Å². The lowest BCUT2D eigenvalue weighted by Gasteiger charge is -2.21. The lowest BCUT2D eigenvalue weighted by Crippen LogP contribution is -3.12. The van der Waals surface area contributed by atoms with Crippen molar-refractivity contribution < 1.29 is 23.2 Å². The topological polar surface area (TPSA) is 55.9 Å². The molecular formula is C24H24FN2O3+. The number of rotatable bonds is 6. The lowest BCUT2D eigenvalue weighted by molar-refractivity contribution is -0.907. The molecular weight excluding hydrogens is 383 g/mol. The van der Waals surface area contributed by atoms with Crippen molar-refractivity contribution in [2.75, 3.05) is 19.5 Å². The molecule has 1 heterocycles. The maximum Gasteiger partial charge on any atom is 0.282 e. The van der Waals surface area contributed by atoms with E-state index >= 15 is 0 Å². The molecule has 0 fully saturated rings. The minimum atomic E-state index is -0.357. The van der Waals surface area contributed by atoms with Crippen LogP contribution in [0.4, 0.5) is 10.1 Å². The predicted molar refractivity (Wildman–Crippen MR) is 115 cm³/mol.